The number of nitrogens with zero attached hydrogens (tertiary/aromatic N) is 2. The molecule has 4 heteroatoms. The Morgan fingerprint density at radius 2 is 1.77 bits per heavy atom. The second kappa shape index (κ2) is 7.28. The van der Waals surface area contributed by atoms with Gasteiger partial charge in [-0.1, -0.05) is 48.2 Å². The number of aromatic nitrogens is 2. The number of hydrogen-bond acceptors (Lipinski definition) is 2. The van der Waals surface area contributed by atoms with Gasteiger partial charge >= 0.3 is 0 Å². The lowest BCUT2D eigenvalue weighted by Crippen LogP contribution is -2.26. The van der Waals surface area contributed by atoms with Crippen LogP contribution in [0.15, 0.2) is 66.7 Å². The summed E-state index contributed by atoms with van der Waals surface area (Å²) < 4.78 is 1.73. The lowest BCUT2D eigenvalue weighted by Gasteiger charge is -2.06. The van der Waals surface area contributed by atoms with E-state index in [1.54, 1.807) is 4.68 Å². The van der Waals surface area contributed by atoms with Crippen LogP contribution in [0.4, 0.5) is 0 Å². The molecule has 1 N–H and O–H groups in total. The molecule has 2 aromatic carbocycles. The number of hydrogen-bond donors (Lipinski definition) is 1. The lowest BCUT2D eigenvalue weighted by atomic mass is 10.2. The first-order valence-electron chi connectivity index (χ1n) is 8.79. The van der Waals surface area contributed by atoms with Crippen molar-refractivity contribution >= 4 is 5.91 Å². The molecule has 0 spiro atoms. The van der Waals surface area contributed by atoms with E-state index in [1.165, 1.54) is 0 Å². The van der Waals surface area contributed by atoms with E-state index in [4.69, 9.17) is 0 Å². The molecule has 1 heterocycles. The number of carbonyl (C=O) groups is 1. The molecule has 4 nitrogen and oxygen atoms in total. The summed E-state index contributed by atoms with van der Waals surface area (Å²) in [6, 6.07) is 21.4. The van der Waals surface area contributed by atoms with Crippen molar-refractivity contribution in [2.24, 2.45) is 0 Å². The summed E-state index contributed by atoms with van der Waals surface area (Å²) in [7, 11) is 0. The average Bonchev–Trinajstić information content (AvgIpc) is 3.45. The van der Waals surface area contributed by atoms with Gasteiger partial charge in [0.05, 0.1) is 17.9 Å². The van der Waals surface area contributed by atoms with Crippen LogP contribution in [0.25, 0.3) is 5.69 Å². The molecule has 1 aliphatic carbocycles. The van der Waals surface area contributed by atoms with Gasteiger partial charge in [0.15, 0.2) is 0 Å². The fourth-order valence-corrected chi connectivity index (χ4v) is 2.79. The van der Waals surface area contributed by atoms with Crippen molar-refractivity contribution in [3.05, 3.63) is 83.7 Å². The van der Waals surface area contributed by atoms with E-state index >= 15 is 0 Å². The number of benzene rings is 2. The Kier molecular flexibility index (Phi) is 4.53. The summed E-state index contributed by atoms with van der Waals surface area (Å²) in [5.74, 6) is 6.37. The SMILES string of the molecule is O=C(NCC#Cc1ccccc1)c1cc(C2CC2)nn1-c1ccccc1. The van der Waals surface area contributed by atoms with Crippen LogP contribution < -0.4 is 5.32 Å². The van der Waals surface area contributed by atoms with E-state index in [9.17, 15) is 4.79 Å². The summed E-state index contributed by atoms with van der Waals surface area (Å²) in [5.41, 5.74) is 3.38. The summed E-state index contributed by atoms with van der Waals surface area (Å²) in [6.07, 6.45) is 2.30. The molecule has 1 aliphatic rings. The lowest BCUT2D eigenvalue weighted by molar-refractivity contribution is 0.0951. The number of carbonyl (C=O) groups excluding carboxylic acids is 1. The summed E-state index contributed by atoms with van der Waals surface area (Å²) in [5, 5.41) is 7.54. The quantitative estimate of drug-likeness (QED) is 0.738. The van der Waals surface area contributed by atoms with Crippen molar-refractivity contribution in [3.63, 3.8) is 0 Å². The topological polar surface area (TPSA) is 46.9 Å². The highest BCUT2D eigenvalue weighted by Crippen LogP contribution is 2.39. The van der Waals surface area contributed by atoms with Crippen LogP contribution >= 0.6 is 0 Å². The normalized spacial score (nSPS) is 12.9. The smallest absolute Gasteiger partial charge is 0.270 e. The Balaban J connectivity index is 1.51. The summed E-state index contributed by atoms with van der Waals surface area (Å²) in [4.78, 5) is 12.7. The van der Waals surface area contributed by atoms with Crippen molar-refractivity contribution in [2.75, 3.05) is 6.54 Å². The van der Waals surface area contributed by atoms with Crippen LogP contribution in [0.5, 0.6) is 0 Å². The zero-order valence-corrected chi connectivity index (χ0v) is 14.4. The molecular weight excluding hydrogens is 322 g/mol. The highest BCUT2D eigenvalue weighted by Gasteiger charge is 2.28. The standard InChI is InChI=1S/C22H19N3O/c26-22(23-15-7-10-17-8-3-1-4-9-17)21-16-20(18-13-14-18)24-25(21)19-11-5-2-6-12-19/h1-6,8-9,11-12,16,18H,13-15H2,(H,23,26). The Labute approximate surface area is 152 Å². The largest absolute Gasteiger partial charge is 0.340 e. The van der Waals surface area contributed by atoms with Gasteiger partial charge in [-0.05, 0) is 43.2 Å². The zero-order valence-electron chi connectivity index (χ0n) is 14.4. The van der Waals surface area contributed by atoms with E-state index in [1.807, 2.05) is 66.7 Å². The summed E-state index contributed by atoms with van der Waals surface area (Å²) >= 11 is 0. The zero-order chi connectivity index (χ0) is 17.8. The van der Waals surface area contributed by atoms with Crippen LogP contribution in [-0.4, -0.2) is 22.2 Å². The second-order valence-electron chi connectivity index (χ2n) is 6.33. The first-order chi connectivity index (χ1) is 12.8. The van der Waals surface area contributed by atoms with Crippen molar-refractivity contribution in [2.45, 2.75) is 18.8 Å². The Bertz CT molecular complexity index is 961. The highest BCUT2D eigenvalue weighted by molar-refractivity contribution is 5.93. The highest BCUT2D eigenvalue weighted by atomic mass is 16.2. The molecule has 1 amide bonds. The van der Waals surface area contributed by atoms with Gasteiger partial charge in [0.1, 0.15) is 5.69 Å². The predicted molar refractivity (Wildman–Crippen MR) is 101 cm³/mol. The molecular formula is C22H19N3O. The molecule has 26 heavy (non-hydrogen) atoms. The maximum absolute atomic E-state index is 12.7. The van der Waals surface area contributed by atoms with Crippen molar-refractivity contribution < 1.29 is 4.79 Å². The van der Waals surface area contributed by atoms with Gasteiger partial charge in [0.25, 0.3) is 5.91 Å². The Hall–Kier alpha value is -3.32. The Morgan fingerprint density at radius 1 is 1.08 bits per heavy atom. The molecule has 0 atom stereocenters. The molecule has 1 saturated carbocycles. The van der Waals surface area contributed by atoms with Gasteiger partial charge in [0, 0.05) is 11.5 Å². The number of amides is 1. The molecule has 0 aliphatic heterocycles. The van der Waals surface area contributed by atoms with Crippen LogP contribution in [0.1, 0.15) is 40.5 Å². The summed E-state index contributed by atoms with van der Waals surface area (Å²) in [6.45, 7) is 0.298. The third-order valence-corrected chi connectivity index (χ3v) is 4.30. The molecule has 128 valence electrons. The third kappa shape index (κ3) is 3.68. The first kappa shape index (κ1) is 16.2. The van der Waals surface area contributed by atoms with Crippen molar-refractivity contribution in [1.82, 2.24) is 15.1 Å². The minimum absolute atomic E-state index is 0.157. The number of rotatable bonds is 4. The maximum Gasteiger partial charge on any atom is 0.270 e. The van der Waals surface area contributed by atoms with Gasteiger partial charge < -0.3 is 5.32 Å². The Morgan fingerprint density at radius 3 is 2.46 bits per heavy atom. The van der Waals surface area contributed by atoms with Crippen LogP contribution in [0.3, 0.4) is 0 Å². The predicted octanol–water partition coefficient (Wildman–Crippen LogP) is 3.53. The molecule has 3 aromatic rings. The molecule has 0 bridgehead atoms. The molecule has 1 aromatic heterocycles. The van der Waals surface area contributed by atoms with E-state index < -0.39 is 0 Å². The minimum Gasteiger partial charge on any atom is -0.340 e. The van der Waals surface area contributed by atoms with E-state index in [0.717, 1.165) is 29.8 Å². The monoisotopic (exact) mass is 341 g/mol. The van der Waals surface area contributed by atoms with Gasteiger partial charge in [-0.3, -0.25) is 4.79 Å². The van der Waals surface area contributed by atoms with Gasteiger partial charge in [-0.2, -0.15) is 5.10 Å². The van der Waals surface area contributed by atoms with Crippen LogP contribution in [0.2, 0.25) is 0 Å². The third-order valence-electron chi connectivity index (χ3n) is 4.30. The number of para-hydroxylation sites is 1. The van der Waals surface area contributed by atoms with E-state index in [-0.39, 0.29) is 5.91 Å². The van der Waals surface area contributed by atoms with Crippen LogP contribution in [-0.2, 0) is 0 Å². The van der Waals surface area contributed by atoms with Crippen molar-refractivity contribution in [3.8, 4) is 17.5 Å². The van der Waals surface area contributed by atoms with E-state index in [2.05, 4.69) is 22.3 Å². The first-order valence-corrected chi connectivity index (χ1v) is 8.79. The number of nitrogens with one attached hydrogen (secondary N) is 1. The maximum atomic E-state index is 12.7. The van der Waals surface area contributed by atoms with Crippen LogP contribution in [0, 0.1) is 11.8 Å². The molecule has 0 unspecified atom stereocenters. The molecule has 0 saturated heterocycles. The molecule has 0 radical (unpaired) electrons. The van der Waals surface area contributed by atoms with Gasteiger partial charge in [-0.25, -0.2) is 4.68 Å². The molecule has 1 fully saturated rings. The minimum atomic E-state index is -0.157. The fraction of sp³-hybridized carbons (Fsp3) is 0.182. The average molecular weight is 341 g/mol. The van der Waals surface area contributed by atoms with Gasteiger partial charge in [-0.15, -0.1) is 0 Å². The van der Waals surface area contributed by atoms with Gasteiger partial charge in [0.2, 0.25) is 0 Å². The van der Waals surface area contributed by atoms with Crippen molar-refractivity contribution in [1.29, 1.82) is 0 Å². The molecule has 4 rings (SSSR count). The van der Waals surface area contributed by atoms with E-state index in [0.29, 0.717) is 18.2 Å². The fourth-order valence-electron chi connectivity index (χ4n) is 2.79. The second-order valence-corrected chi connectivity index (χ2v) is 6.33.